The smallest absolute Gasteiger partial charge is 0.459 e. The van der Waals surface area contributed by atoms with E-state index in [1.165, 1.54) is 55.0 Å². The molecule has 6 atom stereocenters. The first-order valence-electron chi connectivity index (χ1n) is 16.4. The van der Waals surface area contributed by atoms with Crippen molar-refractivity contribution in [1.29, 1.82) is 5.26 Å². The maximum absolute atomic E-state index is 14.3. The summed E-state index contributed by atoms with van der Waals surface area (Å²) in [6, 6.07) is 9.84. The second kappa shape index (κ2) is 16.5. The lowest BCUT2D eigenvalue weighted by molar-refractivity contribution is -0.168. The van der Waals surface area contributed by atoms with Gasteiger partial charge in [-0.15, -0.1) is 0 Å². The molecule has 17 heteroatoms. The molecule has 272 valence electrons. The van der Waals surface area contributed by atoms with Crippen LogP contribution in [0.5, 0.6) is 5.75 Å². The van der Waals surface area contributed by atoms with Crippen LogP contribution in [0.1, 0.15) is 72.4 Å². The fraction of sp³-hybridized carbons (Fsp3) is 0.545. The summed E-state index contributed by atoms with van der Waals surface area (Å²) in [6.07, 6.45) is 3.03. The number of unbranched alkanes of at least 4 members (excludes halogenated alkanes) is 4. The number of esters is 2. The molecular weight excluding hydrogens is 691 g/mol. The minimum atomic E-state index is -4.47. The van der Waals surface area contributed by atoms with Crippen LogP contribution in [-0.4, -0.2) is 68.7 Å². The van der Waals surface area contributed by atoms with Crippen molar-refractivity contribution in [2.75, 3.05) is 18.9 Å². The number of fused-ring (bicyclic) bond motifs is 1. The van der Waals surface area contributed by atoms with Crippen molar-refractivity contribution < 1.29 is 42.5 Å². The molecule has 0 spiro atoms. The predicted octanol–water partition coefficient (Wildman–Crippen LogP) is 5.10. The molecule has 0 amide bonds. The maximum Gasteiger partial charge on any atom is 0.459 e. The molecule has 1 aliphatic heterocycles. The van der Waals surface area contributed by atoms with E-state index >= 15 is 0 Å². The van der Waals surface area contributed by atoms with E-state index in [9.17, 15) is 24.5 Å². The van der Waals surface area contributed by atoms with Gasteiger partial charge >= 0.3 is 19.7 Å². The fourth-order valence-electron chi connectivity index (χ4n) is 5.47. The van der Waals surface area contributed by atoms with Crippen molar-refractivity contribution in [3.05, 3.63) is 53.4 Å². The summed E-state index contributed by atoms with van der Waals surface area (Å²) in [7, 11) is -4.47. The van der Waals surface area contributed by atoms with Crippen LogP contribution >= 0.6 is 19.3 Å². The molecule has 4 N–H and O–H groups in total. The number of rotatable bonds is 17. The first-order valence-corrected chi connectivity index (χ1v) is 18.3. The zero-order chi connectivity index (χ0) is 36.7. The van der Waals surface area contributed by atoms with E-state index in [-0.39, 0.29) is 23.9 Å². The van der Waals surface area contributed by atoms with Crippen LogP contribution in [0.25, 0.3) is 5.52 Å². The van der Waals surface area contributed by atoms with Crippen molar-refractivity contribution in [3.8, 4) is 11.8 Å². The van der Waals surface area contributed by atoms with Gasteiger partial charge in [-0.3, -0.25) is 14.1 Å². The lowest BCUT2D eigenvalue weighted by Gasteiger charge is -2.34. The van der Waals surface area contributed by atoms with Gasteiger partial charge in [0.25, 0.3) is 0 Å². The van der Waals surface area contributed by atoms with Gasteiger partial charge in [0.2, 0.25) is 5.60 Å². The summed E-state index contributed by atoms with van der Waals surface area (Å²) in [5.74, 6) is -1.81. The molecule has 3 aromatic rings. The summed E-state index contributed by atoms with van der Waals surface area (Å²) in [5, 5.41) is 29.9. The van der Waals surface area contributed by atoms with Crippen LogP contribution in [-0.2, 0) is 38.5 Å². The first-order chi connectivity index (χ1) is 23.7. The Kier molecular flexibility index (Phi) is 12.9. The number of nitrogens with one attached hydrogen (secondary N) is 1. The average Bonchev–Trinajstić information content (AvgIpc) is 3.60. The largest absolute Gasteiger partial charge is 0.465 e. The van der Waals surface area contributed by atoms with Gasteiger partial charge in [0.05, 0.1) is 24.8 Å². The number of hydrogen-bond acceptors (Lipinski definition) is 13. The SMILES string of the molecule is CCCCCCCOC(=O)[C@H](C)N[P@](=O)(OC[C@H]1O[C@@](C#N)(c2ccc3c(N)ncnn23)[C@](C)(O)[C@@H]1OC(=O)C(C)C)Oc1ccc(Cl)cc1. The van der Waals surface area contributed by atoms with E-state index in [1.54, 1.807) is 19.9 Å². The van der Waals surface area contributed by atoms with Crippen molar-refractivity contribution >= 4 is 42.6 Å². The number of carbonyl (C=O) groups excluding carboxylic acids is 2. The Hall–Kier alpha value is -3.77. The highest BCUT2D eigenvalue weighted by atomic mass is 35.5. The molecule has 0 saturated carbocycles. The quantitative estimate of drug-likeness (QED) is 0.0937. The molecule has 1 aromatic carbocycles. The van der Waals surface area contributed by atoms with E-state index in [2.05, 4.69) is 22.1 Å². The molecule has 50 heavy (non-hydrogen) atoms. The highest BCUT2D eigenvalue weighted by molar-refractivity contribution is 7.52. The number of nitrogens with zero attached hydrogens (tertiary/aromatic N) is 4. The number of aromatic nitrogens is 3. The first kappa shape index (κ1) is 39.0. The number of benzene rings is 1. The van der Waals surface area contributed by atoms with Crippen LogP contribution < -0.4 is 15.3 Å². The minimum Gasteiger partial charge on any atom is -0.465 e. The fourth-order valence-corrected chi connectivity index (χ4v) is 7.10. The molecule has 0 radical (unpaired) electrons. The third kappa shape index (κ3) is 8.57. The summed E-state index contributed by atoms with van der Waals surface area (Å²) in [4.78, 5) is 29.7. The van der Waals surface area contributed by atoms with Crippen molar-refractivity contribution in [1.82, 2.24) is 19.7 Å². The number of anilines is 1. The monoisotopic (exact) mass is 734 g/mol. The Morgan fingerprint density at radius 3 is 2.52 bits per heavy atom. The predicted molar refractivity (Wildman–Crippen MR) is 183 cm³/mol. The van der Waals surface area contributed by atoms with Gasteiger partial charge in [-0.1, -0.05) is 58.1 Å². The molecule has 0 unspecified atom stereocenters. The summed E-state index contributed by atoms with van der Waals surface area (Å²) < 4.78 is 44.6. The molecule has 1 fully saturated rings. The number of hydrogen-bond donors (Lipinski definition) is 3. The average molecular weight is 735 g/mol. The van der Waals surface area contributed by atoms with E-state index in [0.717, 1.165) is 25.7 Å². The van der Waals surface area contributed by atoms with E-state index in [0.29, 0.717) is 17.0 Å². The van der Waals surface area contributed by atoms with Crippen LogP contribution in [0, 0.1) is 17.2 Å². The Bertz CT molecular complexity index is 1730. The second-order valence-corrected chi connectivity index (χ2v) is 14.7. The highest BCUT2D eigenvalue weighted by Crippen LogP contribution is 2.51. The van der Waals surface area contributed by atoms with Gasteiger partial charge in [0.1, 0.15) is 41.4 Å². The van der Waals surface area contributed by atoms with E-state index in [4.69, 9.17) is 40.6 Å². The Morgan fingerprint density at radius 1 is 1.16 bits per heavy atom. The zero-order valence-corrected chi connectivity index (χ0v) is 30.4. The lowest BCUT2D eigenvalue weighted by atomic mass is 9.80. The van der Waals surface area contributed by atoms with Gasteiger partial charge in [-0.25, -0.2) is 14.1 Å². The Labute approximate surface area is 295 Å². The molecule has 1 aliphatic rings. The third-order valence-corrected chi connectivity index (χ3v) is 10.2. The van der Waals surface area contributed by atoms with Gasteiger partial charge in [-0.2, -0.15) is 15.4 Å². The van der Waals surface area contributed by atoms with Gasteiger partial charge in [0, 0.05) is 5.02 Å². The maximum atomic E-state index is 14.3. The summed E-state index contributed by atoms with van der Waals surface area (Å²) >= 11 is 6.02. The summed E-state index contributed by atoms with van der Waals surface area (Å²) in [6.45, 7) is 7.56. The van der Waals surface area contributed by atoms with Crippen LogP contribution in [0.15, 0.2) is 42.7 Å². The van der Waals surface area contributed by atoms with Crippen LogP contribution in [0.2, 0.25) is 5.02 Å². The molecule has 0 bridgehead atoms. The second-order valence-electron chi connectivity index (χ2n) is 12.5. The molecular formula is C33H44ClN6O9P. The molecule has 15 nitrogen and oxygen atoms in total. The normalized spacial score (nSPS) is 23.7. The number of halogens is 1. The van der Waals surface area contributed by atoms with Crippen LogP contribution in [0.4, 0.5) is 5.82 Å². The molecule has 4 rings (SSSR count). The molecule has 1 saturated heterocycles. The topological polar surface area (TPSA) is 210 Å². The Morgan fingerprint density at radius 2 is 1.86 bits per heavy atom. The van der Waals surface area contributed by atoms with E-state index in [1.807, 2.05) is 6.07 Å². The number of nitrogen functional groups attached to an aromatic ring is 1. The number of nitrogens with two attached hydrogens (primary N) is 1. The van der Waals surface area contributed by atoms with Crippen molar-refractivity contribution in [3.63, 3.8) is 0 Å². The minimum absolute atomic E-state index is 0.0620. The molecule has 0 aliphatic carbocycles. The number of carbonyl (C=O) groups is 2. The molecule has 2 aromatic heterocycles. The number of ether oxygens (including phenoxy) is 3. The zero-order valence-electron chi connectivity index (χ0n) is 28.7. The van der Waals surface area contributed by atoms with Gasteiger partial charge < -0.3 is 29.6 Å². The standard InChI is InChI=1S/C33H44ClN6O9P/c1-6-7-8-9-10-17-45-31(42)22(4)39-50(44,49-24-13-11-23(34)12-14-24)46-18-26-28(47-30(41)21(2)3)32(5,43)33(19-35,48-26)27-16-15-25-29(36)37-20-38-40(25)27/h11-16,20-22,26,28,43H,6-10,17-18H2,1-5H3,(H,39,44)(H2,36,37,38)/t22-,26+,28+,32+,33-,50-/m0/s1. The van der Waals surface area contributed by atoms with Gasteiger partial charge in [-0.05, 0) is 56.7 Å². The highest BCUT2D eigenvalue weighted by Gasteiger charge is 2.67. The van der Waals surface area contributed by atoms with Crippen molar-refractivity contribution in [2.24, 2.45) is 5.92 Å². The van der Waals surface area contributed by atoms with E-state index < -0.39 is 61.7 Å². The summed E-state index contributed by atoms with van der Waals surface area (Å²) in [5.41, 5.74) is 1.97. The van der Waals surface area contributed by atoms with Crippen LogP contribution in [0.3, 0.4) is 0 Å². The Balaban J connectivity index is 1.63. The third-order valence-electron chi connectivity index (χ3n) is 8.29. The lowest BCUT2D eigenvalue weighted by Crippen LogP contribution is -2.54. The molecule has 3 heterocycles. The van der Waals surface area contributed by atoms with Gasteiger partial charge in [0.15, 0.2) is 11.9 Å². The number of nitriles is 1. The number of aliphatic hydroxyl groups is 1. The van der Waals surface area contributed by atoms with Crippen molar-refractivity contribution in [2.45, 2.75) is 96.2 Å².